The van der Waals surface area contributed by atoms with Crippen molar-refractivity contribution in [2.75, 3.05) is 32.6 Å². The van der Waals surface area contributed by atoms with Gasteiger partial charge < -0.3 is 14.5 Å². The van der Waals surface area contributed by atoms with E-state index in [4.69, 9.17) is 9.88 Å². The minimum atomic E-state index is -3.97. The van der Waals surface area contributed by atoms with Crippen molar-refractivity contribution in [1.29, 1.82) is 0 Å². The lowest BCUT2D eigenvalue weighted by atomic mass is 10.2. The van der Waals surface area contributed by atoms with Gasteiger partial charge in [-0.15, -0.1) is 0 Å². The minimum absolute atomic E-state index is 0.0359. The molecule has 0 aliphatic carbocycles. The van der Waals surface area contributed by atoms with Crippen LogP contribution in [-0.2, 0) is 26.1 Å². The van der Waals surface area contributed by atoms with Crippen LogP contribution in [0.1, 0.15) is 15.9 Å². The van der Waals surface area contributed by atoms with Crippen molar-refractivity contribution in [2.45, 2.75) is 11.4 Å². The highest BCUT2D eigenvalue weighted by molar-refractivity contribution is 9.10. The Morgan fingerprint density at radius 1 is 1.07 bits per heavy atom. The summed E-state index contributed by atoms with van der Waals surface area (Å²) in [6.45, 7) is -0.119. The van der Waals surface area contributed by atoms with Crippen LogP contribution in [0, 0.1) is 0 Å². The summed E-state index contributed by atoms with van der Waals surface area (Å²) < 4.78 is 28.3. The standard InChI is InChI=1S/C19H22BrN3O5S/c1-22(2)14-6-4-13(5-7-14)11-23(3)18(24)12-28-19(25)16-10-15(29(21,26)27)8-9-17(16)20/h4-10H,11-12H2,1-3H3,(H2,21,26,27). The van der Waals surface area contributed by atoms with E-state index in [0.29, 0.717) is 11.0 Å². The molecule has 2 aromatic carbocycles. The second kappa shape index (κ2) is 9.38. The Kier molecular flexibility index (Phi) is 7.39. The van der Waals surface area contributed by atoms with E-state index < -0.39 is 28.5 Å². The summed E-state index contributed by atoms with van der Waals surface area (Å²) in [4.78, 5) is 27.7. The maximum absolute atomic E-state index is 12.3. The van der Waals surface area contributed by atoms with Gasteiger partial charge >= 0.3 is 5.97 Å². The lowest BCUT2D eigenvalue weighted by molar-refractivity contribution is -0.133. The van der Waals surface area contributed by atoms with E-state index in [1.165, 1.54) is 17.0 Å². The van der Waals surface area contributed by atoms with Gasteiger partial charge in [-0.05, 0) is 51.8 Å². The SMILES string of the molecule is CN(Cc1ccc(N(C)C)cc1)C(=O)COC(=O)c1cc(S(N)(=O)=O)ccc1Br. The van der Waals surface area contributed by atoms with Crippen LogP contribution >= 0.6 is 15.9 Å². The molecule has 0 bridgehead atoms. The zero-order valence-corrected chi connectivity index (χ0v) is 18.7. The van der Waals surface area contributed by atoms with Gasteiger partial charge in [-0.1, -0.05) is 12.1 Å². The first-order valence-electron chi connectivity index (χ1n) is 8.48. The third-order valence-corrected chi connectivity index (χ3v) is 5.71. The van der Waals surface area contributed by atoms with Gasteiger partial charge in [0.25, 0.3) is 5.91 Å². The normalized spacial score (nSPS) is 11.1. The summed E-state index contributed by atoms with van der Waals surface area (Å²) >= 11 is 3.16. The molecule has 0 saturated carbocycles. The fraction of sp³-hybridized carbons (Fsp3) is 0.263. The smallest absolute Gasteiger partial charge is 0.339 e. The molecule has 10 heteroatoms. The van der Waals surface area contributed by atoms with Crippen LogP contribution in [0.4, 0.5) is 5.69 Å². The molecule has 2 rings (SSSR count). The average molecular weight is 484 g/mol. The number of sulfonamides is 1. The number of nitrogens with zero attached hydrogens (tertiary/aromatic N) is 2. The lowest BCUT2D eigenvalue weighted by Gasteiger charge is -2.18. The van der Waals surface area contributed by atoms with Crippen molar-refractivity contribution in [2.24, 2.45) is 5.14 Å². The largest absolute Gasteiger partial charge is 0.452 e. The molecule has 0 radical (unpaired) electrons. The minimum Gasteiger partial charge on any atom is -0.452 e. The molecule has 0 aromatic heterocycles. The number of ether oxygens (including phenoxy) is 1. The summed E-state index contributed by atoms with van der Waals surface area (Å²) in [7, 11) is 1.52. The number of primary sulfonamides is 1. The van der Waals surface area contributed by atoms with Crippen molar-refractivity contribution >= 4 is 43.5 Å². The number of carbonyl (C=O) groups excluding carboxylic acids is 2. The molecule has 0 aliphatic rings. The Bertz CT molecular complexity index is 1010. The van der Waals surface area contributed by atoms with Crippen molar-refractivity contribution < 1.29 is 22.7 Å². The molecule has 2 N–H and O–H groups in total. The van der Waals surface area contributed by atoms with E-state index in [-0.39, 0.29) is 10.5 Å². The van der Waals surface area contributed by atoms with Crippen LogP contribution in [0.25, 0.3) is 0 Å². The quantitative estimate of drug-likeness (QED) is 0.602. The number of carbonyl (C=O) groups is 2. The molecule has 0 saturated heterocycles. The summed E-state index contributed by atoms with van der Waals surface area (Å²) in [5.74, 6) is -1.23. The van der Waals surface area contributed by atoms with Crippen LogP contribution < -0.4 is 10.0 Å². The average Bonchev–Trinajstić information content (AvgIpc) is 2.65. The Balaban J connectivity index is 1.98. The van der Waals surface area contributed by atoms with Crippen molar-refractivity contribution in [1.82, 2.24) is 4.90 Å². The molecule has 2 aromatic rings. The summed E-state index contributed by atoms with van der Waals surface area (Å²) in [5.41, 5.74) is 1.94. The third-order valence-electron chi connectivity index (χ3n) is 4.11. The van der Waals surface area contributed by atoms with Gasteiger partial charge in [0, 0.05) is 37.8 Å². The molecular weight excluding hydrogens is 462 g/mol. The van der Waals surface area contributed by atoms with E-state index >= 15 is 0 Å². The highest BCUT2D eigenvalue weighted by Gasteiger charge is 2.19. The number of likely N-dealkylation sites (N-methyl/N-ethyl adjacent to an activating group) is 1. The molecule has 1 amide bonds. The monoisotopic (exact) mass is 483 g/mol. The van der Waals surface area contributed by atoms with Gasteiger partial charge in [0.2, 0.25) is 10.0 Å². The van der Waals surface area contributed by atoms with Crippen molar-refractivity contribution in [3.63, 3.8) is 0 Å². The number of hydrogen-bond acceptors (Lipinski definition) is 6. The maximum Gasteiger partial charge on any atom is 0.339 e. The Labute approximate surface area is 178 Å². The van der Waals surface area contributed by atoms with Gasteiger partial charge in [-0.25, -0.2) is 18.4 Å². The van der Waals surface area contributed by atoms with Crippen LogP contribution in [0.3, 0.4) is 0 Å². The zero-order valence-electron chi connectivity index (χ0n) is 16.3. The topological polar surface area (TPSA) is 110 Å². The first-order valence-corrected chi connectivity index (χ1v) is 10.8. The van der Waals surface area contributed by atoms with Crippen LogP contribution in [0.5, 0.6) is 0 Å². The van der Waals surface area contributed by atoms with Crippen molar-refractivity contribution in [3.8, 4) is 0 Å². The first-order chi connectivity index (χ1) is 13.5. The van der Waals surface area contributed by atoms with Gasteiger partial charge in [-0.3, -0.25) is 4.79 Å². The second-order valence-corrected chi connectivity index (χ2v) is 8.99. The number of esters is 1. The van der Waals surface area contributed by atoms with Gasteiger partial charge in [0.1, 0.15) is 0 Å². The number of amides is 1. The number of benzene rings is 2. The van der Waals surface area contributed by atoms with E-state index in [0.717, 1.165) is 17.3 Å². The van der Waals surface area contributed by atoms with Crippen LogP contribution in [-0.4, -0.2) is 52.9 Å². The Morgan fingerprint density at radius 2 is 1.69 bits per heavy atom. The van der Waals surface area contributed by atoms with Gasteiger partial charge in [0.05, 0.1) is 10.5 Å². The lowest BCUT2D eigenvalue weighted by Crippen LogP contribution is -2.31. The van der Waals surface area contributed by atoms with E-state index in [1.807, 2.05) is 43.3 Å². The molecule has 0 atom stereocenters. The predicted octanol–water partition coefficient (Wildman–Crippen LogP) is 1.98. The summed E-state index contributed by atoms with van der Waals surface area (Å²) in [6.07, 6.45) is 0. The first kappa shape index (κ1) is 22.9. The van der Waals surface area contributed by atoms with E-state index in [1.54, 1.807) is 7.05 Å². The number of hydrogen-bond donors (Lipinski definition) is 1. The fourth-order valence-electron chi connectivity index (χ4n) is 2.41. The molecule has 0 spiro atoms. The third kappa shape index (κ3) is 6.28. The van der Waals surface area contributed by atoms with Gasteiger partial charge in [0.15, 0.2) is 6.61 Å². The molecule has 0 aliphatic heterocycles. The molecule has 8 nitrogen and oxygen atoms in total. The Hall–Kier alpha value is -2.43. The molecule has 156 valence electrons. The van der Waals surface area contributed by atoms with Gasteiger partial charge in [-0.2, -0.15) is 0 Å². The van der Waals surface area contributed by atoms with E-state index in [2.05, 4.69) is 15.9 Å². The zero-order chi connectivity index (χ0) is 21.8. The number of rotatable bonds is 7. The number of nitrogens with two attached hydrogens (primary N) is 1. The number of anilines is 1. The molecule has 29 heavy (non-hydrogen) atoms. The molecular formula is C19H22BrN3O5S. The molecule has 0 fully saturated rings. The highest BCUT2D eigenvalue weighted by atomic mass is 79.9. The van der Waals surface area contributed by atoms with E-state index in [9.17, 15) is 18.0 Å². The molecule has 0 heterocycles. The summed E-state index contributed by atoms with van der Waals surface area (Å²) in [5, 5.41) is 5.08. The molecule has 0 unspecified atom stereocenters. The highest BCUT2D eigenvalue weighted by Crippen LogP contribution is 2.21. The number of halogens is 1. The fourth-order valence-corrected chi connectivity index (χ4v) is 3.36. The van der Waals surface area contributed by atoms with Crippen molar-refractivity contribution in [3.05, 3.63) is 58.1 Å². The van der Waals surface area contributed by atoms with Crippen LogP contribution in [0.15, 0.2) is 51.8 Å². The van der Waals surface area contributed by atoms with Crippen LogP contribution in [0.2, 0.25) is 0 Å². The summed E-state index contributed by atoms with van der Waals surface area (Å²) in [6, 6.07) is 11.5. The Morgan fingerprint density at radius 3 is 2.24 bits per heavy atom. The second-order valence-electron chi connectivity index (χ2n) is 6.57. The predicted molar refractivity (Wildman–Crippen MR) is 113 cm³/mol. The maximum atomic E-state index is 12.3.